The van der Waals surface area contributed by atoms with Crippen molar-refractivity contribution in [1.82, 2.24) is 0 Å². The monoisotopic (exact) mass is 404 g/mol. The highest BCUT2D eigenvalue weighted by molar-refractivity contribution is 7.89. The third-order valence-electron chi connectivity index (χ3n) is 4.43. The van der Waals surface area contributed by atoms with Crippen LogP contribution < -0.4 is 10.5 Å². The van der Waals surface area contributed by atoms with Gasteiger partial charge >= 0.3 is 0 Å². The van der Waals surface area contributed by atoms with Gasteiger partial charge in [0.1, 0.15) is 5.75 Å². The van der Waals surface area contributed by atoms with Crippen LogP contribution in [0.3, 0.4) is 0 Å². The Morgan fingerprint density at radius 2 is 1.36 bits per heavy atom. The van der Waals surface area contributed by atoms with Gasteiger partial charge in [-0.25, -0.2) is 13.6 Å². The maximum atomic E-state index is 12.8. The lowest BCUT2D eigenvalue weighted by atomic mass is 9.78. The lowest BCUT2D eigenvalue weighted by molar-refractivity contribution is 0.102. The Kier molecular flexibility index (Phi) is 5.65. The van der Waals surface area contributed by atoms with Crippen LogP contribution in [0.5, 0.6) is 5.75 Å². The molecule has 0 heterocycles. The number of rotatable bonds is 3. The van der Waals surface area contributed by atoms with Gasteiger partial charge in [-0.15, -0.1) is 0 Å². The first kappa shape index (κ1) is 21.9. The minimum Gasteiger partial charge on any atom is -0.507 e. The maximum Gasteiger partial charge on any atom is 0.255 e. The van der Waals surface area contributed by atoms with Gasteiger partial charge in [0.25, 0.3) is 5.91 Å². The number of hydrogen-bond donors (Lipinski definition) is 3. The van der Waals surface area contributed by atoms with Crippen molar-refractivity contribution in [1.29, 1.82) is 0 Å². The van der Waals surface area contributed by atoms with Gasteiger partial charge in [-0.1, -0.05) is 41.5 Å². The number of carbonyl (C=O) groups is 1. The van der Waals surface area contributed by atoms with Crippen LogP contribution in [-0.2, 0) is 20.9 Å². The standard InChI is InChI=1S/C21H28N2O4S/c1-20(2,3)16-11-13(12-17(18(16)24)21(4,5)6)19(25)23-14-7-9-15(10-8-14)28(22,26)27/h7-12,24H,1-6H3,(H,23,25)(H2,22,26,27). The third kappa shape index (κ3) is 4.91. The molecule has 0 spiro atoms. The van der Waals surface area contributed by atoms with Crippen LogP contribution >= 0.6 is 0 Å². The summed E-state index contributed by atoms with van der Waals surface area (Å²) < 4.78 is 22.7. The van der Waals surface area contributed by atoms with Gasteiger partial charge in [-0.2, -0.15) is 0 Å². The van der Waals surface area contributed by atoms with E-state index >= 15 is 0 Å². The molecule has 0 atom stereocenters. The van der Waals surface area contributed by atoms with Crippen LogP contribution in [0, 0.1) is 0 Å². The van der Waals surface area contributed by atoms with Crippen molar-refractivity contribution in [3.05, 3.63) is 53.1 Å². The first-order chi connectivity index (χ1) is 12.6. The summed E-state index contributed by atoms with van der Waals surface area (Å²) in [4.78, 5) is 12.8. The molecule has 0 saturated heterocycles. The first-order valence-corrected chi connectivity index (χ1v) is 10.5. The molecule has 0 unspecified atom stereocenters. The van der Waals surface area contributed by atoms with Crippen LogP contribution in [-0.4, -0.2) is 19.4 Å². The van der Waals surface area contributed by atoms with Crippen LogP contribution in [0.1, 0.15) is 63.0 Å². The highest BCUT2D eigenvalue weighted by Crippen LogP contribution is 2.39. The largest absolute Gasteiger partial charge is 0.507 e. The number of sulfonamides is 1. The summed E-state index contributed by atoms with van der Waals surface area (Å²) in [7, 11) is -3.79. The molecule has 0 radical (unpaired) electrons. The number of nitrogens with one attached hydrogen (secondary N) is 1. The Morgan fingerprint density at radius 3 is 1.71 bits per heavy atom. The van der Waals surface area contributed by atoms with Crippen LogP contribution in [0.4, 0.5) is 5.69 Å². The molecule has 0 fully saturated rings. The molecule has 0 aliphatic heterocycles. The summed E-state index contributed by atoms with van der Waals surface area (Å²) in [5.74, 6) is -0.145. The second-order valence-electron chi connectivity index (χ2n) is 8.94. The summed E-state index contributed by atoms with van der Waals surface area (Å²) in [6.45, 7) is 11.8. The van der Waals surface area contributed by atoms with Crippen molar-refractivity contribution >= 4 is 21.6 Å². The molecule has 1 amide bonds. The lowest BCUT2D eigenvalue weighted by Gasteiger charge is -2.28. The Bertz CT molecular complexity index is 961. The van der Waals surface area contributed by atoms with E-state index in [1.165, 1.54) is 24.3 Å². The Labute approximate surface area is 166 Å². The molecule has 0 saturated carbocycles. The van der Waals surface area contributed by atoms with Crippen molar-refractivity contribution in [2.24, 2.45) is 5.14 Å². The molecule has 2 rings (SSSR count). The molecule has 7 heteroatoms. The van der Waals surface area contributed by atoms with Gasteiger partial charge in [0.15, 0.2) is 0 Å². The molecule has 2 aromatic rings. The number of hydrogen-bond acceptors (Lipinski definition) is 4. The number of anilines is 1. The number of phenols is 1. The van der Waals surface area contributed by atoms with Crippen LogP contribution in [0.25, 0.3) is 0 Å². The number of benzene rings is 2. The number of carbonyl (C=O) groups excluding carboxylic acids is 1. The van der Waals surface area contributed by atoms with E-state index in [1.54, 1.807) is 12.1 Å². The topological polar surface area (TPSA) is 109 Å². The smallest absolute Gasteiger partial charge is 0.255 e. The molecule has 4 N–H and O–H groups in total. The molecule has 152 valence electrons. The molecular weight excluding hydrogens is 376 g/mol. The third-order valence-corrected chi connectivity index (χ3v) is 5.36. The SMILES string of the molecule is CC(C)(C)c1cc(C(=O)Nc2ccc(S(N)(=O)=O)cc2)cc(C(C)(C)C)c1O. The van der Waals surface area contributed by atoms with E-state index in [2.05, 4.69) is 5.32 Å². The van der Waals surface area contributed by atoms with Crippen molar-refractivity contribution in [2.75, 3.05) is 5.32 Å². The van der Waals surface area contributed by atoms with E-state index in [4.69, 9.17) is 5.14 Å². The summed E-state index contributed by atoms with van der Waals surface area (Å²) in [5, 5.41) is 18.6. The quantitative estimate of drug-likeness (QED) is 0.721. The molecule has 6 nitrogen and oxygen atoms in total. The number of aromatic hydroxyl groups is 1. The van der Waals surface area contributed by atoms with Crippen LogP contribution in [0.2, 0.25) is 0 Å². The fourth-order valence-corrected chi connectivity index (χ4v) is 3.36. The molecule has 0 bridgehead atoms. The summed E-state index contributed by atoms with van der Waals surface area (Å²) in [6.07, 6.45) is 0. The second kappa shape index (κ2) is 7.22. The first-order valence-electron chi connectivity index (χ1n) is 8.93. The number of amides is 1. The van der Waals surface area contributed by atoms with Crippen molar-refractivity contribution in [3.8, 4) is 5.75 Å². The second-order valence-corrected chi connectivity index (χ2v) is 10.5. The normalized spacial score (nSPS) is 12.7. The molecule has 0 aliphatic carbocycles. The van der Waals surface area contributed by atoms with E-state index < -0.39 is 10.0 Å². The van der Waals surface area contributed by atoms with Gasteiger partial charge in [0.05, 0.1) is 4.90 Å². The van der Waals surface area contributed by atoms with Gasteiger partial charge < -0.3 is 10.4 Å². The predicted molar refractivity (Wildman–Crippen MR) is 111 cm³/mol. The van der Waals surface area contributed by atoms with E-state index in [9.17, 15) is 18.3 Å². The van der Waals surface area contributed by atoms with E-state index in [-0.39, 0.29) is 27.4 Å². The minimum atomic E-state index is -3.79. The van der Waals surface area contributed by atoms with Gasteiger partial charge in [-0.05, 0) is 47.2 Å². The fraction of sp³-hybridized carbons (Fsp3) is 0.381. The summed E-state index contributed by atoms with van der Waals surface area (Å²) >= 11 is 0. The van der Waals surface area contributed by atoms with Gasteiger partial charge in [-0.3, -0.25) is 4.79 Å². The Morgan fingerprint density at radius 1 is 0.929 bits per heavy atom. The minimum absolute atomic E-state index is 0.0276. The average molecular weight is 405 g/mol. The van der Waals surface area contributed by atoms with Crippen LogP contribution in [0.15, 0.2) is 41.3 Å². The van der Waals surface area contributed by atoms with Crippen molar-refractivity contribution in [3.63, 3.8) is 0 Å². The zero-order chi connectivity index (χ0) is 21.5. The molecule has 0 aromatic heterocycles. The molecule has 2 aromatic carbocycles. The highest BCUT2D eigenvalue weighted by Gasteiger charge is 2.27. The summed E-state index contributed by atoms with van der Waals surface area (Å²) in [6, 6.07) is 9.02. The lowest BCUT2D eigenvalue weighted by Crippen LogP contribution is -2.20. The van der Waals surface area contributed by atoms with E-state index in [0.29, 0.717) is 22.4 Å². The molecular formula is C21H28N2O4S. The Balaban J connectivity index is 2.45. The number of phenolic OH excluding ortho intramolecular Hbond substituents is 1. The highest BCUT2D eigenvalue weighted by atomic mass is 32.2. The van der Waals surface area contributed by atoms with Crippen molar-refractivity contribution < 1.29 is 18.3 Å². The van der Waals surface area contributed by atoms with Gasteiger partial charge in [0, 0.05) is 22.4 Å². The van der Waals surface area contributed by atoms with Gasteiger partial charge in [0.2, 0.25) is 10.0 Å². The average Bonchev–Trinajstić information content (AvgIpc) is 2.52. The van der Waals surface area contributed by atoms with E-state index in [0.717, 1.165) is 0 Å². The van der Waals surface area contributed by atoms with Crippen molar-refractivity contribution in [2.45, 2.75) is 57.3 Å². The number of primary sulfonamides is 1. The predicted octanol–water partition coefficient (Wildman–Crippen LogP) is 3.89. The zero-order valence-electron chi connectivity index (χ0n) is 17.1. The Hall–Kier alpha value is -2.38. The fourth-order valence-electron chi connectivity index (χ4n) is 2.84. The summed E-state index contributed by atoms with van der Waals surface area (Å²) in [5.41, 5.74) is 1.54. The van der Waals surface area contributed by atoms with E-state index in [1.807, 2.05) is 41.5 Å². The molecule has 0 aliphatic rings. The maximum absolute atomic E-state index is 12.8. The zero-order valence-corrected chi connectivity index (χ0v) is 17.9. The number of nitrogens with two attached hydrogens (primary N) is 1. The molecule has 28 heavy (non-hydrogen) atoms.